The predicted octanol–water partition coefficient (Wildman–Crippen LogP) is 0.206. The highest BCUT2D eigenvalue weighted by molar-refractivity contribution is 7.38. The van der Waals surface area contributed by atoms with Crippen molar-refractivity contribution in [2.24, 2.45) is 16.6 Å². The molecule has 92 valence electrons. The number of hydrogen-bond acceptors (Lipinski definition) is 4. The molecule has 0 radical (unpaired) electrons. The molecule has 0 aliphatic heterocycles. The van der Waals surface area contributed by atoms with Crippen LogP contribution in [0.4, 0.5) is 0 Å². The van der Waals surface area contributed by atoms with E-state index >= 15 is 0 Å². The molecule has 1 aromatic rings. The Bertz CT molecular complexity index is 417. The number of hydrogen-bond donors (Lipinski definition) is 4. The molecule has 17 heavy (non-hydrogen) atoms. The molecular formula is C9H14N4O3P+. The van der Waals surface area contributed by atoms with E-state index in [-0.39, 0.29) is 5.96 Å². The minimum absolute atomic E-state index is 0.208. The first-order chi connectivity index (χ1) is 8.04. The molecule has 0 amide bonds. The van der Waals surface area contributed by atoms with Crippen LogP contribution in [-0.2, 0) is 4.57 Å². The molecule has 1 rings (SSSR count). The lowest BCUT2D eigenvalue weighted by molar-refractivity contribution is 0.414. The average molecular weight is 257 g/mol. The van der Waals surface area contributed by atoms with Crippen LogP contribution in [0.25, 0.3) is 0 Å². The Kier molecular flexibility index (Phi) is 4.68. The summed E-state index contributed by atoms with van der Waals surface area (Å²) in [7, 11) is -0.966. The maximum absolute atomic E-state index is 11.2. The van der Waals surface area contributed by atoms with Gasteiger partial charge in [0, 0.05) is 5.56 Å². The Balaban J connectivity index is 2.89. The van der Waals surface area contributed by atoms with Crippen molar-refractivity contribution < 1.29 is 14.2 Å². The first kappa shape index (κ1) is 13.2. The van der Waals surface area contributed by atoms with Gasteiger partial charge in [-0.15, -0.1) is 5.10 Å². The minimum atomic E-state index is -2.50. The van der Waals surface area contributed by atoms with Gasteiger partial charge in [0.05, 0.1) is 7.11 Å². The number of ether oxygens (including phenoxy) is 1. The summed E-state index contributed by atoms with van der Waals surface area (Å²) in [6.45, 7) is 0. The second kappa shape index (κ2) is 6.03. The molecule has 0 fully saturated rings. The first-order valence-electron chi connectivity index (χ1n) is 4.68. The average Bonchev–Trinajstić information content (AvgIpc) is 2.29. The zero-order chi connectivity index (χ0) is 12.8. The van der Waals surface area contributed by atoms with Gasteiger partial charge in [-0.2, -0.15) is 4.89 Å². The predicted molar refractivity (Wildman–Crippen MR) is 64.5 cm³/mol. The molecule has 0 aliphatic rings. The Morgan fingerprint density at radius 3 is 2.47 bits per heavy atom. The van der Waals surface area contributed by atoms with Crippen molar-refractivity contribution in [3.8, 4) is 5.75 Å². The van der Waals surface area contributed by atoms with Crippen molar-refractivity contribution in [2.75, 3.05) is 7.11 Å². The molecule has 6 N–H and O–H groups in total. The lowest BCUT2D eigenvalue weighted by Crippen LogP contribution is -2.27. The second-order valence-corrected chi connectivity index (χ2v) is 4.27. The van der Waals surface area contributed by atoms with Gasteiger partial charge in [-0.3, -0.25) is 5.43 Å². The number of nitrogens with one attached hydrogen (secondary N) is 1. The number of benzene rings is 1. The molecule has 7 nitrogen and oxygen atoms in total. The minimum Gasteiger partial charge on any atom is -0.497 e. The SMILES string of the molecule is COc1ccc([C@H](NN=C(N)N)[P+](=O)O)cc1. The highest BCUT2D eigenvalue weighted by Gasteiger charge is 2.30. The van der Waals surface area contributed by atoms with Crippen molar-refractivity contribution in [1.82, 2.24) is 5.43 Å². The number of methoxy groups -OCH3 is 1. The van der Waals surface area contributed by atoms with E-state index in [1.807, 2.05) is 0 Å². The van der Waals surface area contributed by atoms with Gasteiger partial charge in [0.1, 0.15) is 5.75 Å². The number of nitrogens with zero attached hydrogens (tertiary/aromatic N) is 1. The summed E-state index contributed by atoms with van der Waals surface area (Å²) >= 11 is 0. The largest absolute Gasteiger partial charge is 0.537 e. The lowest BCUT2D eigenvalue weighted by Gasteiger charge is -2.06. The third-order valence-electron chi connectivity index (χ3n) is 1.97. The van der Waals surface area contributed by atoms with E-state index in [0.717, 1.165) is 0 Å². The smallest absolute Gasteiger partial charge is 0.497 e. The van der Waals surface area contributed by atoms with Gasteiger partial charge in [0.15, 0.2) is 0 Å². The maximum Gasteiger partial charge on any atom is 0.537 e. The second-order valence-electron chi connectivity index (χ2n) is 3.14. The van der Waals surface area contributed by atoms with E-state index in [0.29, 0.717) is 11.3 Å². The van der Waals surface area contributed by atoms with Crippen LogP contribution < -0.4 is 21.6 Å². The summed E-state index contributed by atoms with van der Waals surface area (Å²) < 4.78 is 16.2. The van der Waals surface area contributed by atoms with Crippen LogP contribution >= 0.6 is 8.03 Å². The summed E-state index contributed by atoms with van der Waals surface area (Å²) in [5.74, 6) is -0.416. The van der Waals surface area contributed by atoms with Gasteiger partial charge in [-0.25, -0.2) is 0 Å². The van der Waals surface area contributed by atoms with E-state index in [1.54, 1.807) is 24.3 Å². The molecule has 0 bridgehead atoms. The van der Waals surface area contributed by atoms with E-state index < -0.39 is 13.8 Å². The van der Waals surface area contributed by atoms with Crippen LogP contribution in [0.1, 0.15) is 11.3 Å². The Morgan fingerprint density at radius 1 is 1.47 bits per heavy atom. The van der Waals surface area contributed by atoms with Crippen molar-refractivity contribution in [3.63, 3.8) is 0 Å². The third-order valence-corrected chi connectivity index (χ3v) is 2.82. The quantitative estimate of drug-likeness (QED) is 0.259. The van der Waals surface area contributed by atoms with Crippen LogP contribution in [0.2, 0.25) is 0 Å². The molecular weight excluding hydrogens is 243 g/mol. The highest BCUT2D eigenvalue weighted by atomic mass is 31.1. The standard InChI is InChI=1S/C9H13N4O3P/c1-16-7-4-2-6(3-5-7)8(17(14)15)12-13-9(10)11/h2-5,8,12H,1H3,(H4-,10,11,13,14,15)/p+1/t8-/m1/s1. The maximum atomic E-state index is 11.2. The molecule has 0 spiro atoms. The number of nitrogens with two attached hydrogens (primary N) is 2. The zero-order valence-electron chi connectivity index (χ0n) is 9.20. The van der Waals surface area contributed by atoms with E-state index in [4.69, 9.17) is 21.1 Å². The zero-order valence-corrected chi connectivity index (χ0v) is 10.1. The summed E-state index contributed by atoms with van der Waals surface area (Å²) in [4.78, 5) is 9.17. The van der Waals surface area contributed by atoms with Gasteiger partial charge in [-0.1, -0.05) is 0 Å². The molecule has 8 heteroatoms. The van der Waals surface area contributed by atoms with Crippen molar-refractivity contribution >= 4 is 14.0 Å². The molecule has 1 aromatic carbocycles. The highest BCUT2D eigenvalue weighted by Crippen LogP contribution is 2.35. The fourth-order valence-corrected chi connectivity index (χ4v) is 1.76. The summed E-state index contributed by atoms with van der Waals surface area (Å²) in [5.41, 5.74) is 13.3. The fraction of sp³-hybridized carbons (Fsp3) is 0.222. The normalized spacial score (nSPS) is 12.5. The molecule has 0 aliphatic carbocycles. The number of hydrazone groups is 1. The van der Waals surface area contributed by atoms with Crippen molar-refractivity contribution in [1.29, 1.82) is 0 Å². The summed E-state index contributed by atoms with van der Waals surface area (Å²) in [6, 6.07) is 6.67. The fourth-order valence-electron chi connectivity index (χ4n) is 1.17. The third kappa shape index (κ3) is 3.90. The van der Waals surface area contributed by atoms with E-state index in [2.05, 4.69) is 10.5 Å². The van der Waals surface area contributed by atoms with Crippen LogP contribution in [0.15, 0.2) is 29.4 Å². The lowest BCUT2D eigenvalue weighted by atomic mass is 10.2. The van der Waals surface area contributed by atoms with Crippen LogP contribution in [0.3, 0.4) is 0 Å². The Hall–Kier alpha value is -1.85. The topological polar surface area (TPSA) is 123 Å². The van der Waals surface area contributed by atoms with Crippen LogP contribution in [0.5, 0.6) is 5.75 Å². The van der Waals surface area contributed by atoms with Gasteiger partial charge < -0.3 is 16.2 Å². The number of rotatable bonds is 5. The van der Waals surface area contributed by atoms with E-state index in [9.17, 15) is 4.57 Å². The molecule has 0 heterocycles. The Labute approximate surface area is 99.3 Å². The van der Waals surface area contributed by atoms with Crippen LogP contribution in [-0.4, -0.2) is 18.0 Å². The molecule has 1 unspecified atom stereocenters. The van der Waals surface area contributed by atoms with Gasteiger partial charge in [0.25, 0.3) is 5.78 Å². The monoisotopic (exact) mass is 257 g/mol. The molecule has 2 atom stereocenters. The summed E-state index contributed by atoms with van der Waals surface area (Å²) in [6.07, 6.45) is 0. The molecule has 0 aromatic heterocycles. The van der Waals surface area contributed by atoms with Gasteiger partial charge >= 0.3 is 8.03 Å². The van der Waals surface area contributed by atoms with Crippen LogP contribution in [0, 0.1) is 0 Å². The molecule has 0 saturated carbocycles. The van der Waals surface area contributed by atoms with Crippen molar-refractivity contribution in [2.45, 2.75) is 5.78 Å². The van der Waals surface area contributed by atoms with Gasteiger partial charge in [-0.05, 0) is 28.8 Å². The summed E-state index contributed by atoms with van der Waals surface area (Å²) in [5, 5.41) is 3.51. The first-order valence-corrected chi connectivity index (χ1v) is 5.96. The molecule has 0 saturated heterocycles. The Morgan fingerprint density at radius 2 is 2.06 bits per heavy atom. The van der Waals surface area contributed by atoms with E-state index in [1.165, 1.54) is 7.11 Å². The number of guanidine groups is 1. The van der Waals surface area contributed by atoms with Gasteiger partial charge in [0.2, 0.25) is 5.96 Å². The van der Waals surface area contributed by atoms with Crippen molar-refractivity contribution in [3.05, 3.63) is 29.8 Å².